The number of hydrogen-bond donors (Lipinski definition) is 0. The molecule has 0 aliphatic heterocycles. The van der Waals surface area contributed by atoms with Crippen LogP contribution in [0.5, 0.6) is 0 Å². The van der Waals surface area contributed by atoms with Gasteiger partial charge in [0.2, 0.25) is 0 Å². The van der Waals surface area contributed by atoms with Crippen molar-refractivity contribution in [2.75, 3.05) is 0 Å². The van der Waals surface area contributed by atoms with Gasteiger partial charge >= 0.3 is 0 Å². The summed E-state index contributed by atoms with van der Waals surface area (Å²) in [5.41, 5.74) is 3.64. The first-order valence-electron chi connectivity index (χ1n) is 9.41. The molecular weight excluding hydrogens is 328 g/mol. The summed E-state index contributed by atoms with van der Waals surface area (Å²) in [6.07, 6.45) is 7.80. The first-order chi connectivity index (χ1) is 13.4. The highest BCUT2D eigenvalue weighted by Gasteiger charge is 2.19. The number of fused-ring (bicyclic) bond motifs is 1. The fourth-order valence-electron chi connectivity index (χ4n) is 3.85. The first kappa shape index (κ1) is 15.9. The maximum atomic E-state index is 6.41. The summed E-state index contributed by atoms with van der Waals surface area (Å²) in [5.74, 6) is 2.35. The van der Waals surface area contributed by atoms with Gasteiger partial charge in [-0.1, -0.05) is 103 Å². The number of hydrogen-bond acceptors (Lipinski definition) is 1. The van der Waals surface area contributed by atoms with Gasteiger partial charge in [-0.05, 0) is 12.0 Å². The third kappa shape index (κ3) is 2.92. The third-order valence-corrected chi connectivity index (χ3v) is 5.25. The molecule has 0 fully saturated rings. The van der Waals surface area contributed by atoms with Gasteiger partial charge in [0.1, 0.15) is 11.5 Å². The zero-order valence-corrected chi connectivity index (χ0v) is 15.0. The smallest absolute Gasteiger partial charge is 0.142 e. The highest BCUT2D eigenvalue weighted by Crippen LogP contribution is 2.39. The molecule has 130 valence electrons. The summed E-state index contributed by atoms with van der Waals surface area (Å²) >= 11 is 0. The molecule has 1 atom stereocenters. The summed E-state index contributed by atoms with van der Waals surface area (Å²) in [6, 6.07) is 29.5. The van der Waals surface area contributed by atoms with Gasteiger partial charge in [-0.2, -0.15) is 0 Å². The van der Waals surface area contributed by atoms with Gasteiger partial charge < -0.3 is 4.42 Å². The molecule has 1 heteroatoms. The molecule has 1 aliphatic rings. The van der Waals surface area contributed by atoms with E-state index in [0.29, 0.717) is 5.92 Å². The van der Waals surface area contributed by atoms with Crippen molar-refractivity contribution in [3.05, 3.63) is 114 Å². The van der Waals surface area contributed by atoms with Crippen molar-refractivity contribution in [1.29, 1.82) is 0 Å². The van der Waals surface area contributed by atoms with Crippen LogP contribution in [0.25, 0.3) is 27.7 Å². The molecule has 0 radical (unpaired) electrons. The average molecular weight is 348 g/mol. The van der Waals surface area contributed by atoms with Crippen molar-refractivity contribution >= 4 is 16.3 Å². The van der Waals surface area contributed by atoms with E-state index in [0.717, 1.165) is 28.9 Å². The molecule has 1 aromatic heterocycles. The molecule has 1 aliphatic carbocycles. The molecule has 0 amide bonds. The molecule has 1 nitrogen and oxygen atoms in total. The van der Waals surface area contributed by atoms with E-state index in [9.17, 15) is 0 Å². The lowest BCUT2D eigenvalue weighted by atomic mass is 9.89. The van der Waals surface area contributed by atoms with Crippen LogP contribution >= 0.6 is 0 Å². The van der Waals surface area contributed by atoms with Crippen LogP contribution in [0, 0.1) is 0 Å². The summed E-state index contributed by atoms with van der Waals surface area (Å²) in [6.45, 7) is 0. The predicted octanol–water partition coefficient (Wildman–Crippen LogP) is 7.23. The van der Waals surface area contributed by atoms with E-state index in [4.69, 9.17) is 4.42 Å². The molecular formula is C26H20O. The lowest BCUT2D eigenvalue weighted by Crippen LogP contribution is -1.98. The van der Waals surface area contributed by atoms with Gasteiger partial charge in [-0.3, -0.25) is 0 Å². The molecule has 0 N–H and O–H groups in total. The maximum Gasteiger partial charge on any atom is 0.142 e. The van der Waals surface area contributed by atoms with Crippen LogP contribution in [0.3, 0.4) is 0 Å². The van der Waals surface area contributed by atoms with Crippen LogP contribution in [0.15, 0.2) is 108 Å². The monoisotopic (exact) mass is 348 g/mol. The minimum Gasteiger partial charge on any atom is -0.455 e. The Morgan fingerprint density at radius 1 is 0.667 bits per heavy atom. The van der Waals surface area contributed by atoms with Crippen LogP contribution in [0.4, 0.5) is 0 Å². The Balaban J connectivity index is 1.55. The van der Waals surface area contributed by atoms with Crippen LogP contribution in [0.1, 0.15) is 23.7 Å². The molecule has 0 saturated heterocycles. The second-order valence-electron chi connectivity index (χ2n) is 6.94. The van der Waals surface area contributed by atoms with E-state index >= 15 is 0 Å². The third-order valence-electron chi connectivity index (χ3n) is 5.25. The SMILES string of the molecule is C1=CC(c2ccccc2)CC=C1c1oc(-c2ccccc2)c2ccccc12. The zero-order chi connectivity index (χ0) is 18.1. The standard InChI is InChI=1S/C26H20O/c1-3-9-19(10-4-1)20-15-17-22(18-16-20)26-24-14-8-7-13-23(24)25(27-26)21-11-5-2-6-12-21/h1-15,17-18,20H,16H2. The Morgan fingerprint density at radius 2 is 1.30 bits per heavy atom. The summed E-state index contributed by atoms with van der Waals surface area (Å²) in [4.78, 5) is 0. The predicted molar refractivity (Wildman–Crippen MR) is 113 cm³/mol. The van der Waals surface area contributed by atoms with Crippen molar-refractivity contribution in [3.63, 3.8) is 0 Å². The summed E-state index contributed by atoms with van der Waals surface area (Å²) in [5, 5.41) is 2.34. The van der Waals surface area contributed by atoms with E-state index < -0.39 is 0 Å². The van der Waals surface area contributed by atoms with Crippen molar-refractivity contribution in [2.24, 2.45) is 0 Å². The minimum absolute atomic E-state index is 0.435. The molecule has 3 aromatic carbocycles. The van der Waals surface area contributed by atoms with Crippen molar-refractivity contribution in [1.82, 2.24) is 0 Å². The number of benzene rings is 3. The Bertz CT molecular complexity index is 1130. The second kappa shape index (κ2) is 6.77. The minimum atomic E-state index is 0.435. The van der Waals surface area contributed by atoms with Gasteiger partial charge in [0.05, 0.1) is 0 Å². The average Bonchev–Trinajstić information content (AvgIpc) is 3.15. The van der Waals surface area contributed by atoms with Gasteiger partial charge in [0.25, 0.3) is 0 Å². The van der Waals surface area contributed by atoms with Gasteiger partial charge in [0.15, 0.2) is 0 Å². The van der Waals surface area contributed by atoms with E-state index in [1.54, 1.807) is 0 Å². The Labute approximate surface area is 159 Å². The molecule has 1 heterocycles. The largest absolute Gasteiger partial charge is 0.455 e. The Hall–Kier alpha value is -3.32. The highest BCUT2D eigenvalue weighted by molar-refractivity contribution is 6.01. The van der Waals surface area contributed by atoms with Crippen molar-refractivity contribution in [3.8, 4) is 11.3 Å². The van der Waals surface area contributed by atoms with Gasteiger partial charge in [-0.25, -0.2) is 0 Å². The maximum absolute atomic E-state index is 6.41. The summed E-state index contributed by atoms with van der Waals surface area (Å²) < 4.78 is 6.41. The second-order valence-corrected chi connectivity index (χ2v) is 6.94. The van der Waals surface area contributed by atoms with E-state index in [1.165, 1.54) is 16.5 Å². The number of rotatable bonds is 3. The molecule has 27 heavy (non-hydrogen) atoms. The number of furan rings is 1. The molecule has 0 saturated carbocycles. The van der Waals surface area contributed by atoms with E-state index in [2.05, 4.69) is 97.1 Å². The normalized spacial score (nSPS) is 16.4. The summed E-state index contributed by atoms with van der Waals surface area (Å²) in [7, 11) is 0. The molecule has 4 aromatic rings. The van der Waals surface area contributed by atoms with Gasteiger partial charge in [-0.15, -0.1) is 0 Å². The first-order valence-corrected chi connectivity index (χ1v) is 9.41. The van der Waals surface area contributed by atoms with Crippen molar-refractivity contribution in [2.45, 2.75) is 12.3 Å². The Morgan fingerprint density at radius 3 is 1.96 bits per heavy atom. The number of allylic oxidation sites excluding steroid dienone is 4. The van der Waals surface area contributed by atoms with E-state index in [1.807, 2.05) is 6.07 Å². The lowest BCUT2D eigenvalue weighted by Gasteiger charge is -2.16. The highest BCUT2D eigenvalue weighted by atomic mass is 16.3. The lowest BCUT2D eigenvalue weighted by molar-refractivity contribution is 0.573. The topological polar surface area (TPSA) is 13.1 Å². The van der Waals surface area contributed by atoms with Crippen molar-refractivity contribution < 1.29 is 4.42 Å². The molecule has 5 rings (SSSR count). The Kier molecular flexibility index (Phi) is 3.99. The molecule has 1 unspecified atom stereocenters. The van der Waals surface area contributed by atoms with Gasteiger partial charge in [0, 0.05) is 27.8 Å². The fraction of sp³-hybridized carbons (Fsp3) is 0.0769. The van der Waals surface area contributed by atoms with Crippen LogP contribution in [-0.4, -0.2) is 0 Å². The van der Waals surface area contributed by atoms with Crippen LogP contribution in [-0.2, 0) is 0 Å². The molecule has 0 spiro atoms. The zero-order valence-electron chi connectivity index (χ0n) is 15.0. The molecule has 0 bridgehead atoms. The fourth-order valence-corrected chi connectivity index (χ4v) is 3.85. The van der Waals surface area contributed by atoms with Crippen LogP contribution in [0.2, 0.25) is 0 Å². The van der Waals surface area contributed by atoms with Crippen LogP contribution < -0.4 is 0 Å². The van der Waals surface area contributed by atoms with E-state index in [-0.39, 0.29) is 0 Å². The quantitative estimate of drug-likeness (QED) is 0.381.